The number of nitrogen functional groups attached to an aromatic ring is 1. The van der Waals surface area contributed by atoms with Gasteiger partial charge in [0.1, 0.15) is 0 Å². The van der Waals surface area contributed by atoms with Crippen LogP contribution in [0.15, 0.2) is 46.5 Å². The van der Waals surface area contributed by atoms with Gasteiger partial charge in [-0.3, -0.25) is 9.67 Å². The number of pyridine rings is 1. The molecular weight excluding hydrogens is 256 g/mol. The van der Waals surface area contributed by atoms with Crippen LogP contribution in [0.1, 0.15) is 5.69 Å². The number of aromatic nitrogens is 3. The number of rotatable bonds is 2. The molecule has 0 radical (unpaired) electrons. The molecule has 0 aliphatic carbocycles. The number of para-hydroxylation sites is 1. The molecule has 0 spiro atoms. The summed E-state index contributed by atoms with van der Waals surface area (Å²) in [5.74, 6) is 0. The number of fused-ring (bicyclic) bond motifs is 1. The van der Waals surface area contributed by atoms with Crippen molar-refractivity contribution in [2.24, 2.45) is 7.05 Å². The summed E-state index contributed by atoms with van der Waals surface area (Å²) in [6.07, 6.45) is 1.80. The van der Waals surface area contributed by atoms with Crippen molar-refractivity contribution < 1.29 is 0 Å². The highest BCUT2D eigenvalue weighted by Crippen LogP contribution is 2.34. The molecule has 3 aromatic rings. The van der Waals surface area contributed by atoms with Crippen molar-refractivity contribution in [3.8, 4) is 0 Å². The predicted octanol–water partition coefficient (Wildman–Crippen LogP) is 3.01. The van der Waals surface area contributed by atoms with Crippen LogP contribution in [-0.4, -0.2) is 14.8 Å². The first-order valence-corrected chi connectivity index (χ1v) is 6.78. The molecule has 4 nitrogen and oxygen atoms in total. The molecule has 0 saturated carbocycles. The molecule has 0 aliphatic rings. The standard InChI is InChI=1S/C14H14N4S/c1-9-8-13(18(2)17-9)19-12-6-7-16-14-10(12)4-3-5-11(14)15/h3-8H,15H2,1-2H3. The van der Waals surface area contributed by atoms with Gasteiger partial charge in [0, 0.05) is 23.5 Å². The summed E-state index contributed by atoms with van der Waals surface area (Å²) in [5, 5.41) is 6.54. The Bertz CT molecular complexity index is 748. The van der Waals surface area contributed by atoms with Gasteiger partial charge in [-0.2, -0.15) is 5.10 Å². The number of nitrogens with two attached hydrogens (primary N) is 1. The Kier molecular flexibility index (Phi) is 2.91. The van der Waals surface area contributed by atoms with E-state index in [0.29, 0.717) is 5.69 Å². The molecule has 0 bridgehead atoms. The molecule has 0 atom stereocenters. The average molecular weight is 270 g/mol. The van der Waals surface area contributed by atoms with Gasteiger partial charge in [0.05, 0.1) is 21.9 Å². The zero-order valence-electron chi connectivity index (χ0n) is 10.8. The molecule has 1 aromatic carbocycles. The van der Waals surface area contributed by atoms with Crippen LogP contribution in [0.2, 0.25) is 0 Å². The Morgan fingerprint density at radius 3 is 2.84 bits per heavy atom. The van der Waals surface area contributed by atoms with Gasteiger partial charge in [0.2, 0.25) is 0 Å². The first-order valence-electron chi connectivity index (χ1n) is 5.97. The lowest BCUT2D eigenvalue weighted by Crippen LogP contribution is -1.93. The van der Waals surface area contributed by atoms with E-state index in [9.17, 15) is 0 Å². The largest absolute Gasteiger partial charge is 0.397 e. The van der Waals surface area contributed by atoms with Crippen molar-refractivity contribution in [3.63, 3.8) is 0 Å². The van der Waals surface area contributed by atoms with E-state index in [4.69, 9.17) is 5.73 Å². The van der Waals surface area contributed by atoms with E-state index in [0.717, 1.165) is 26.5 Å². The van der Waals surface area contributed by atoms with Crippen LogP contribution in [0.3, 0.4) is 0 Å². The van der Waals surface area contributed by atoms with Gasteiger partial charge >= 0.3 is 0 Å². The summed E-state index contributed by atoms with van der Waals surface area (Å²) < 4.78 is 1.89. The van der Waals surface area contributed by atoms with Crippen LogP contribution in [0.25, 0.3) is 10.9 Å². The second-order valence-electron chi connectivity index (χ2n) is 4.40. The third-order valence-electron chi connectivity index (χ3n) is 2.94. The van der Waals surface area contributed by atoms with Crippen LogP contribution in [0, 0.1) is 6.92 Å². The van der Waals surface area contributed by atoms with Gasteiger partial charge in [0.15, 0.2) is 0 Å². The number of nitrogens with zero attached hydrogens (tertiary/aromatic N) is 3. The highest BCUT2D eigenvalue weighted by Gasteiger charge is 2.09. The summed E-state index contributed by atoms with van der Waals surface area (Å²) in [6.45, 7) is 1.99. The molecule has 0 amide bonds. The summed E-state index contributed by atoms with van der Waals surface area (Å²) in [4.78, 5) is 5.49. The average Bonchev–Trinajstić information content (AvgIpc) is 2.69. The molecule has 96 valence electrons. The van der Waals surface area contributed by atoms with Crippen LogP contribution in [0.5, 0.6) is 0 Å². The fraction of sp³-hybridized carbons (Fsp3) is 0.143. The van der Waals surface area contributed by atoms with Crippen molar-refractivity contribution >= 4 is 28.4 Å². The quantitative estimate of drug-likeness (QED) is 0.727. The number of anilines is 1. The van der Waals surface area contributed by atoms with E-state index >= 15 is 0 Å². The maximum absolute atomic E-state index is 5.96. The minimum absolute atomic E-state index is 0.709. The summed E-state index contributed by atoms with van der Waals surface area (Å²) in [6, 6.07) is 9.96. The molecule has 0 unspecified atom stereocenters. The lowest BCUT2D eigenvalue weighted by molar-refractivity contribution is 0.692. The Hall–Kier alpha value is -2.01. The minimum atomic E-state index is 0.709. The topological polar surface area (TPSA) is 56.7 Å². The fourth-order valence-electron chi connectivity index (χ4n) is 2.06. The van der Waals surface area contributed by atoms with E-state index in [1.807, 2.05) is 42.9 Å². The lowest BCUT2D eigenvalue weighted by atomic mass is 10.2. The maximum Gasteiger partial charge on any atom is 0.0987 e. The third kappa shape index (κ3) is 2.17. The Balaban J connectivity index is 2.11. The molecule has 3 rings (SSSR count). The van der Waals surface area contributed by atoms with E-state index in [-0.39, 0.29) is 0 Å². The highest BCUT2D eigenvalue weighted by molar-refractivity contribution is 7.99. The van der Waals surface area contributed by atoms with Gasteiger partial charge in [-0.15, -0.1) is 0 Å². The molecule has 0 fully saturated rings. The van der Waals surface area contributed by atoms with Crippen LogP contribution >= 0.6 is 11.8 Å². The molecule has 2 N–H and O–H groups in total. The van der Waals surface area contributed by atoms with Crippen molar-refractivity contribution in [1.82, 2.24) is 14.8 Å². The van der Waals surface area contributed by atoms with Gasteiger partial charge in [-0.25, -0.2) is 0 Å². The van der Waals surface area contributed by atoms with Crippen molar-refractivity contribution in [2.45, 2.75) is 16.8 Å². The van der Waals surface area contributed by atoms with Crippen LogP contribution in [-0.2, 0) is 7.05 Å². The summed E-state index contributed by atoms with van der Waals surface area (Å²) in [7, 11) is 1.95. The molecular formula is C14H14N4S. The predicted molar refractivity (Wildman–Crippen MR) is 78.2 cm³/mol. The van der Waals surface area contributed by atoms with Crippen LogP contribution < -0.4 is 5.73 Å². The van der Waals surface area contributed by atoms with Gasteiger partial charge in [-0.05, 0) is 25.1 Å². The second kappa shape index (κ2) is 4.59. The SMILES string of the molecule is Cc1cc(Sc2ccnc3c(N)cccc23)n(C)n1. The number of aryl methyl sites for hydroxylation is 2. The van der Waals surface area contributed by atoms with Gasteiger partial charge in [-0.1, -0.05) is 23.9 Å². The van der Waals surface area contributed by atoms with E-state index in [1.54, 1.807) is 18.0 Å². The maximum atomic E-state index is 5.96. The van der Waals surface area contributed by atoms with E-state index in [2.05, 4.69) is 16.1 Å². The van der Waals surface area contributed by atoms with E-state index < -0.39 is 0 Å². The molecule has 19 heavy (non-hydrogen) atoms. The number of hydrogen-bond donors (Lipinski definition) is 1. The molecule has 0 aliphatic heterocycles. The Morgan fingerprint density at radius 1 is 1.26 bits per heavy atom. The third-order valence-corrected chi connectivity index (χ3v) is 4.10. The highest BCUT2D eigenvalue weighted by atomic mass is 32.2. The zero-order chi connectivity index (χ0) is 13.4. The summed E-state index contributed by atoms with van der Waals surface area (Å²) in [5.41, 5.74) is 8.54. The molecule has 5 heteroatoms. The zero-order valence-corrected chi connectivity index (χ0v) is 11.6. The number of hydrogen-bond acceptors (Lipinski definition) is 4. The summed E-state index contributed by atoms with van der Waals surface area (Å²) >= 11 is 1.68. The Labute approximate surface area is 115 Å². The van der Waals surface area contributed by atoms with Crippen LogP contribution in [0.4, 0.5) is 5.69 Å². The molecule has 2 aromatic heterocycles. The molecule has 0 saturated heterocycles. The smallest absolute Gasteiger partial charge is 0.0987 e. The first-order chi connectivity index (χ1) is 9.15. The normalized spacial score (nSPS) is 11.1. The van der Waals surface area contributed by atoms with Gasteiger partial charge < -0.3 is 5.73 Å². The van der Waals surface area contributed by atoms with Crippen molar-refractivity contribution in [2.75, 3.05) is 5.73 Å². The van der Waals surface area contributed by atoms with Crippen molar-refractivity contribution in [1.29, 1.82) is 0 Å². The monoisotopic (exact) mass is 270 g/mol. The van der Waals surface area contributed by atoms with E-state index in [1.165, 1.54) is 0 Å². The van der Waals surface area contributed by atoms with Crippen molar-refractivity contribution in [3.05, 3.63) is 42.2 Å². The second-order valence-corrected chi connectivity index (χ2v) is 5.46. The lowest BCUT2D eigenvalue weighted by Gasteiger charge is -2.07. The van der Waals surface area contributed by atoms with Gasteiger partial charge in [0.25, 0.3) is 0 Å². The number of benzene rings is 1. The fourth-order valence-corrected chi connectivity index (χ4v) is 3.09. The molecule has 2 heterocycles. The Morgan fingerprint density at radius 2 is 2.11 bits per heavy atom. The first kappa shape index (κ1) is 12.0. The minimum Gasteiger partial charge on any atom is -0.397 e.